The van der Waals surface area contributed by atoms with Gasteiger partial charge in [0.25, 0.3) is 0 Å². The predicted molar refractivity (Wildman–Crippen MR) is 163 cm³/mol. The summed E-state index contributed by atoms with van der Waals surface area (Å²) in [7, 11) is 0. The van der Waals surface area contributed by atoms with Crippen LogP contribution in [0.25, 0.3) is 0 Å². The van der Waals surface area contributed by atoms with Gasteiger partial charge in [-0.05, 0) is 86.2 Å². The minimum atomic E-state index is -0.599. The van der Waals surface area contributed by atoms with E-state index in [9.17, 15) is 14.4 Å². The first-order valence-electron chi connectivity index (χ1n) is 14.2. The Morgan fingerprint density at radius 2 is 1.52 bits per heavy atom. The Morgan fingerprint density at radius 3 is 2.21 bits per heavy atom. The van der Waals surface area contributed by atoms with E-state index in [2.05, 4.69) is 13.5 Å². The zero-order chi connectivity index (χ0) is 30.3. The first-order valence-corrected chi connectivity index (χ1v) is 14.5. The molecule has 0 fully saturated rings. The van der Waals surface area contributed by atoms with Gasteiger partial charge >= 0.3 is 17.9 Å². The second-order valence-corrected chi connectivity index (χ2v) is 10.2. The van der Waals surface area contributed by atoms with Crippen molar-refractivity contribution >= 4 is 29.5 Å². The number of ether oxygens (including phenoxy) is 4. The topological polar surface area (TPSA) is 88.1 Å². The number of carbonyl (C=O) groups excluding carboxylic acids is 3. The first-order chi connectivity index (χ1) is 20.3. The van der Waals surface area contributed by atoms with Crippen LogP contribution in [-0.2, 0) is 16.0 Å². The van der Waals surface area contributed by atoms with Crippen LogP contribution in [0.5, 0.6) is 17.2 Å². The molecular formula is C34H37ClO7. The molecule has 0 heterocycles. The largest absolute Gasteiger partial charge is 0.493 e. The molecular weight excluding hydrogens is 556 g/mol. The number of esters is 3. The minimum Gasteiger partial charge on any atom is -0.493 e. The normalized spacial score (nSPS) is 10.5. The lowest BCUT2D eigenvalue weighted by atomic mass is 10.1. The van der Waals surface area contributed by atoms with Crippen LogP contribution < -0.4 is 14.2 Å². The number of aryl methyl sites for hydroxylation is 2. The molecule has 0 aliphatic carbocycles. The summed E-state index contributed by atoms with van der Waals surface area (Å²) in [6, 6.07) is 16.8. The van der Waals surface area contributed by atoms with Crippen molar-refractivity contribution in [3.63, 3.8) is 0 Å². The van der Waals surface area contributed by atoms with Crippen LogP contribution in [0.1, 0.15) is 77.3 Å². The van der Waals surface area contributed by atoms with E-state index in [4.69, 9.17) is 30.5 Å². The van der Waals surface area contributed by atoms with Gasteiger partial charge in [-0.1, -0.05) is 56.5 Å². The van der Waals surface area contributed by atoms with Gasteiger partial charge in [0.2, 0.25) is 0 Å². The molecule has 0 saturated heterocycles. The van der Waals surface area contributed by atoms with E-state index < -0.39 is 17.9 Å². The van der Waals surface area contributed by atoms with E-state index in [0.29, 0.717) is 43.1 Å². The Bertz CT molecular complexity index is 1360. The molecule has 0 aliphatic heterocycles. The van der Waals surface area contributed by atoms with Gasteiger partial charge in [-0.25, -0.2) is 14.4 Å². The molecule has 3 aromatic rings. The second-order valence-electron chi connectivity index (χ2n) is 9.78. The molecule has 0 aromatic heterocycles. The van der Waals surface area contributed by atoms with Gasteiger partial charge in [-0.15, -0.1) is 0 Å². The van der Waals surface area contributed by atoms with Crippen LogP contribution in [0.15, 0.2) is 73.3 Å². The number of benzene rings is 3. The molecule has 222 valence electrons. The SMILES string of the molecule is C=CC(=O)OCCCCOc1ccc(C(=O)Oc2ccc(C(=O)Oc3ccc(CCCCCC)cc3)c(Cl)c2)cc1C. The summed E-state index contributed by atoms with van der Waals surface area (Å²) in [4.78, 5) is 36.5. The molecule has 0 spiro atoms. The van der Waals surface area contributed by atoms with Gasteiger partial charge in [-0.3, -0.25) is 0 Å². The van der Waals surface area contributed by atoms with Gasteiger partial charge < -0.3 is 18.9 Å². The third-order valence-electron chi connectivity index (χ3n) is 6.44. The van der Waals surface area contributed by atoms with Crippen LogP contribution in [0.2, 0.25) is 5.02 Å². The Morgan fingerprint density at radius 1 is 0.810 bits per heavy atom. The van der Waals surface area contributed by atoms with Crippen LogP contribution in [0.3, 0.4) is 0 Å². The molecule has 0 amide bonds. The van der Waals surface area contributed by atoms with E-state index in [1.165, 1.54) is 43.0 Å². The second kappa shape index (κ2) is 17.0. The molecule has 0 unspecified atom stereocenters. The minimum absolute atomic E-state index is 0.108. The summed E-state index contributed by atoms with van der Waals surface area (Å²) in [5, 5.41) is 0.108. The average molecular weight is 593 g/mol. The van der Waals surface area contributed by atoms with Gasteiger partial charge in [0.05, 0.1) is 29.4 Å². The fraction of sp³-hybridized carbons (Fsp3) is 0.324. The first kappa shape index (κ1) is 32.4. The molecule has 0 aliphatic rings. The van der Waals surface area contributed by atoms with E-state index in [0.717, 1.165) is 24.5 Å². The summed E-state index contributed by atoms with van der Waals surface area (Å²) in [5.41, 5.74) is 2.47. The van der Waals surface area contributed by atoms with Gasteiger partial charge in [-0.2, -0.15) is 0 Å². The summed E-state index contributed by atoms with van der Waals surface area (Å²) in [6.07, 6.45) is 8.26. The van der Waals surface area contributed by atoms with Crippen molar-refractivity contribution in [1.29, 1.82) is 0 Å². The van der Waals surface area contributed by atoms with Gasteiger partial charge in [0.1, 0.15) is 17.2 Å². The van der Waals surface area contributed by atoms with E-state index in [-0.39, 0.29) is 16.3 Å². The summed E-state index contributed by atoms with van der Waals surface area (Å²) in [6.45, 7) is 8.11. The Kier molecular flexibility index (Phi) is 13.1. The maximum atomic E-state index is 12.7. The Labute approximate surface area is 252 Å². The monoisotopic (exact) mass is 592 g/mol. The fourth-order valence-corrected chi connectivity index (χ4v) is 4.34. The molecule has 0 N–H and O–H groups in total. The highest BCUT2D eigenvalue weighted by Crippen LogP contribution is 2.26. The molecule has 3 rings (SSSR count). The predicted octanol–water partition coefficient (Wildman–Crippen LogP) is 8.10. The number of carbonyl (C=O) groups is 3. The third kappa shape index (κ3) is 10.4. The van der Waals surface area contributed by atoms with E-state index >= 15 is 0 Å². The van der Waals surface area contributed by atoms with Crippen LogP contribution in [-0.4, -0.2) is 31.1 Å². The van der Waals surface area contributed by atoms with Gasteiger partial charge in [0.15, 0.2) is 0 Å². The van der Waals surface area contributed by atoms with Crippen molar-refractivity contribution < 1.29 is 33.3 Å². The number of unbranched alkanes of at least 4 members (excludes halogenated alkanes) is 4. The van der Waals surface area contributed by atoms with Crippen molar-refractivity contribution in [2.45, 2.75) is 58.8 Å². The summed E-state index contributed by atoms with van der Waals surface area (Å²) in [5.74, 6) is -0.348. The molecule has 3 aromatic carbocycles. The fourth-order valence-electron chi connectivity index (χ4n) is 4.09. The average Bonchev–Trinajstić information content (AvgIpc) is 2.98. The number of hydrogen-bond donors (Lipinski definition) is 0. The lowest BCUT2D eigenvalue weighted by molar-refractivity contribution is -0.137. The maximum Gasteiger partial charge on any atom is 0.345 e. The molecule has 8 heteroatoms. The van der Waals surface area contributed by atoms with Gasteiger partial charge in [0, 0.05) is 12.1 Å². The highest BCUT2D eigenvalue weighted by Gasteiger charge is 2.16. The Hall–Kier alpha value is -4.10. The summed E-state index contributed by atoms with van der Waals surface area (Å²) >= 11 is 6.34. The van der Waals surface area contributed by atoms with E-state index in [1.54, 1.807) is 30.3 Å². The van der Waals surface area contributed by atoms with Crippen LogP contribution in [0.4, 0.5) is 0 Å². The quantitative estimate of drug-likeness (QED) is 0.0718. The van der Waals surface area contributed by atoms with Crippen molar-refractivity contribution in [2.24, 2.45) is 0 Å². The molecule has 0 radical (unpaired) electrons. The number of halogens is 1. The molecule has 0 bridgehead atoms. The number of hydrogen-bond acceptors (Lipinski definition) is 7. The smallest absolute Gasteiger partial charge is 0.345 e. The van der Waals surface area contributed by atoms with Crippen LogP contribution in [0, 0.1) is 6.92 Å². The highest BCUT2D eigenvalue weighted by molar-refractivity contribution is 6.33. The van der Waals surface area contributed by atoms with Crippen molar-refractivity contribution in [3.8, 4) is 17.2 Å². The molecule has 0 atom stereocenters. The van der Waals surface area contributed by atoms with Crippen molar-refractivity contribution in [2.75, 3.05) is 13.2 Å². The standard InChI is InChI=1S/C34H37ClO7/c1-4-6-7-8-11-25-12-15-27(16-13-25)41-34(38)29-18-17-28(23-30(29)35)42-33(37)26-14-19-31(24(3)22-26)39-20-9-10-21-40-32(36)5-2/h5,12-19,22-23H,2,4,6-11,20-21H2,1,3H3. The van der Waals surface area contributed by atoms with Crippen molar-refractivity contribution in [1.82, 2.24) is 0 Å². The zero-order valence-corrected chi connectivity index (χ0v) is 24.9. The lowest BCUT2D eigenvalue weighted by Gasteiger charge is -2.11. The third-order valence-corrected chi connectivity index (χ3v) is 6.75. The molecule has 7 nitrogen and oxygen atoms in total. The maximum absolute atomic E-state index is 12.7. The van der Waals surface area contributed by atoms with Crippen LogP contribution >= 0.6 is 11.6 Å². The molecule has 0 saturated carbocycles. The summed E-state index contributed by atoms with van der Waals surface area (Å²) < 4.78 is 21.7. The van der Waals surface area contributed by atoms with E-state index in [1.807, 2.05) is 19.1 Å². The van der Waals surface area contributed by atoms with Crippen molar-refractivity contribution in [3.05, 3.63) is 101 Å². The zero-order valence-electron chi connectivity index (χ0n) is 24.2. The highest BCUT2D eigenvalue weighted by atomic mass is 35.5. The Balaban J connectivity index is 1.50. The molecule has 42 heavy (non-hydrogen) atoms. The number of rotatable bonds is 16. The lowest BCUT2D eigenvalue weighted by Crippen LogP contribution is -2.11.